The van der Waals surface area contributed by atoms with E-state index in [-0.39, 0.29) is 5.54 Å². The van der Waals surface area contributed by atoms with Crippen LogP contribution in [0.5, 0.6) is 0 Å². The first-order chi connectivity index (χ1) is 12.4. The first kappa shape index (κ1) is 20.0. The molecule has 142 valence electrons. The third-order valence-electron chi connectivity index (χ3n) is 3.67. The van der Waals surface area contributed by atoms with Crippen molar-refractivity contribution < 1.29 is 4.42 Å². The Hall–Kier alpha value is -2.34. The van der Waals surface area contributed by atoms with Crippen LogP contribution in [-0.2, 0) is 6.54 Å². The molecule has 3 N–H and O–H groups in total. The second-order valence-corrected chi connectivity index (χ2v) is 7.31. The lowest BCUT2D eigenvalue weighted by molar-refractivity contribution is 0.428. The Bertz CT molecular complexity index is 698. The number of nitrogens with zero attached hydrogens (tertiary/aromatic N) is 2. The molecule has 26 heavy (non-hydrogen) atoms. The van der Waals surface area contributed by atoms with E-state index in [0.717, 1.165) is 36.9 Å². The van der Waals surface area contributed by atoms with Gasteiger partial charge >= 0.3 is 0 Å². The summed E-state index contributed by atoms with van der Waals surface area (Å²) < 4.78 is 5.59. The Morgan fingerprint density at radius 3 is 2.50 bits per heavy atom. The highest BCUT2D eigenvalue weighted by atomic mass is 16.3. The first-order valence-corrected chi connectivity index (χ1v) is 9.16. The molecule has 0 saturated carbocycles. The van der Waals surface area contributed by atoms with Gasteiger partial charge in [-0.3, -0.25) is 0 Å². The van der Waals surface area contributed by atoms with Gasteiger partial charge in [-0.05, 0) is 46.8 Å². The van der Waals surface area contributed by atoms with E-state index in [2.05, 4.69) is 72.7 Å². The van der Waals surface area contributed by atoms with Crippen molar-refractivity contribution in [3.8, 4) is 11.5 Å². The largest absolute Gasteiger partial charge is 0.444 e. The predicted octanol–water partition coefficient (Wildman–Crippen LogP) is 3.09. The molecule has 2 rings (SSSR count). The topological polar surface area (TPSA) is 74.5 Å². The van der Waals surface area contributed by atoms with Gasteiger partial charge in [0.05, 0.1) is 6.54 Å². The minimum atomic E-state index is 0.115. The maximum atomic E-state index is 5.59. The Morgan fingerprint density at radius 1 is 1.12 bits per heavy atom. The number of nitrogens with one attached hydrogen (secondary N) is 3. The molecule has 0 aliphatic rings. The van der Waals surface area contributed by atoms with Crippen LogP contribution in [0, 0.1) is 6.92 Å². The van der Waals surface area contributed by atoms with E-state index in [1.807, 2.05) is 12.1 Å². The molecular weight excluding hydrogens is 326 g/mol. The maximum Gasteiger partial charge on any atom is 0.226 e. The minimum absolute atomic E-state index is 0.115. The van der Waals surface area contributed by atoms with Gasteiger partial charge < -0.3 is 20.4 Å². The second-order valence-electron chi connectivity index (χ2n) is 7.31. The molecule has 1 aromatic heterocycles. The molecule has 6 heteroatoms. The van der Waals surface area contributed by atoms with Crippen LogP contribution in [-0.4, -0.2) is 36.1 Å². The monoisotopic (exact) mass is 357 g/mol. The van der Waals surface area contributed by atoms with Gasteiger partial charge in [0.25, 0.3) is 0 Å². The highest BCUT2D eigenvalue weighted by molar-refractivity contribution is 5.79. The molecule has 0 atom stereocenters. The normalized spacial score (nSPS) is 12.3. The van der Waals surface area contributed by atoms with E-state index >= 15 is 0 Å². The molecule has 1 aromatic carbocycles. The average molecular weight is 358 g/mol. The standard InChI is InChI=1S/C20H31N5O/c1-6-21-19(22-11-12-24-20(3,4)5)23-13-17-14-26-18(25-17)16-9-7-15(2)8-10-16/h7-10,14,24H,6,11-13H2,1-5H3,(H2,21,22,23). The Labute approximate surface area is 156 Å². The molecule has 0 unspecified atom stereocenters. The van der Waals surface area contributed by atoms with E-state index < -0.39 is 0 Å². The van der Waals surface area contributed by atoms with Crippen LogP contribution in [0.2, 0.25) is 0 Å². The van der Waals surface area contributed by atoms with Crippen molar-refractivity contribution in [3.63, 3.8) is 0 Å². The number of benzene rings is 1. The number of rotatable bonds is 7. The van der Waals surface area contributed by atoms with E-state index in [0.29, 0.717) is 12.4 Å². The lowest BCUT2D eigenvalue weighted by Crippen LogP contribution is -2.44. The third-order valence-corrected chi connectivity index (χ3v) is 3.67. The summed E-state index contributed by atoms with van der Waals surface area (Å²) in [5, 5.41) is 10.0. The van der Waals surface area contributed by atoms with Crippen LogP contribution in [0.25, 0.3) is 11.5 Å². The Balaban J connectivity index is 1.91. The quantitative estimate of drug-likeness (QED) is 0.403. The van der Waals surface area contributed by atoms with Gasteiger partial charge in [-0.2, -0.15) is 0 Å². The maximum absolute atomic E-state index is 5.59. The van der Waals surface area contributed by atoms with Gasteiger partial charge in [0.1, 0.15) is 12.0 Å². The smallest absolute Gasteiger partial charge is 0.226 e. The van der Waals surface area contributed by atoms with Gasteiger partial charge in [-0.25, -0.2) is 9.98 Å². The van der Waals surface area contributed by atoms with E-state index in [4.69, 9.17) is 4.42 Å². The van der Waals surface area contributed by atoms with Gasteiger partial charge in [-0.15, -0.1) is 0 Å². The average Bonchev–Trinajstić information content (AvgIpc) is 3.05. The van der Waals surface area contributed by atoms with Crippen LogP contribution in [0.1, 0.15) is 39.0 Å². The lowest BCUT2D eigenvalue weighted by Gasteiger charge is -2.21. The summed E-state index contributed by atoms with van der Waals surface area (Å²) in [6.45, 7) is 13.5. The molecular formula is C20H31N5O. The van der Waals surface area contributed by atoms with Crippen molar-refractivity contribution in [2.24, 2.45) is 4.99 Å². The summed E-state index contributed by atoms with van der Waals surface area (Å²) in [5.41, 5.74) is 3.12. The van der Waals surface area contributed by atoms with Crippen LogP contribution >= 0.6 is 0 Å². The van der Waals surface area contributed by atoms with Crippen LogP contribution < -0.4 is 16.0 Å². The first-order valence-electron chi connectivity index (χ1n) is 9.16. The Kier molecular flexibility index (Phi) is 7.21. The number of guanidine groups is 1. The lowest BCUT2D eigenvalue weighted by atomic mass is 10.1. The fraction of sp³-hybridized carbons (Fsp3) is 0.500. The van der Waals surface area contributed by atoms with Crippen LogP contribution in [0.4, 0.5) is 0 Å². The van der Waals surface area contributed by atoms with E-state index in [1.165, 1.54) is 5.56 Å². The zero-order valence-corrected chi connectivity index (χ0v) is 16.5. The SMILES string of the molecule is CCNC(=NCc1coc(-c2ccc(C)cc2)n1)NCCNC(C)(C)C. The highest BCUT2D eigenvalue weighted by Crippen LogP contribution is 2.19. The van der Waals surface area contributed by atoms with Crippen molar-refractivity contribution in [1.29, 1.82) is 0 Å². The third kappa shape index (κ3) is 6.88. The molecule has 0 amide bonds. The molecule has 0 saturated heterocycles. The Morgan fingerprint density at radius 2 is 1.85 bits per heavy atom. The number of oxazole rings is 1. The number of aromatic nitrogens is 1. The fourth-order valence-corrected chi connectivity index (χ4v) is 2.33. The van der Waals surface area contributed by atoms with Gasteiger partial charge in [-0.1, -0.05) is 17.7 Å². The zero-order valence-electron chi connectivity index (χ0n) is 16.5. The second kappa shape index (κ2) is 9.38. The molecule has 0 fully saturated rings. The summed E-state index contributed by atoms with van der Waals surface area (Å²) >= 11 is 0. The number of hydrogen-bond acceptors (Lipinski definition) is 4. The van der Waals surface area contributed by atoms with Crippen molar-refractivity contribution in [3.05, 3.63) is 41.8 Å². The van der Waals surface area contributed by atoms with Crippen molar-refractivity contribution >= 4 is 5.96 Å². The highest BCUT2D eigenvalue weighted by Gasteiger charge is 2.08. The molecule has 0 radical (unpaired) electrons. The van der Waals surface area contributed by atoms with Gasteiger partial charge in [0, 0.05) is 30.7 Å². The fourth-order valence-electron chi connectivity index (χ4n) is 2.33. The summed E-state index contributed by atoms with van der Waals surface area (Å²) in [4.78, 5) is 9.11. The van der Waals surface area contributed by atoms with Crippen molar-refractivity contribution in [2.45, 2.75) is 46.7 Å². The summed E-state index contributed by atoms with van der Waals surface area (Å²) in [6, 6.07) is 8.14. The molecule has 2 aromatic rings. The number of hydrogen-bond donors (Lipinski definition) is 3. The van der Waals surface area contributed by atoms with E-state index in [9.17, 15) is 0 Å². The summed E-state index contributed by atoms with van der Waals surface area (Å²) in [6.07, 6.45) is 1.67. The van der Waals surface area contributed by atoms with Gasteiger partial charge in [0.15, 0.2) is 5.96 Å². The number of aliphatic imine (C=N–C) groups is 1. The minimum Gasteiger partial charge on any atom is -0.444 e. The van der Waals surface area contributed by atoms with E-state index in [1.54, 1.807) is 6.26 Å². The van der Waals surface area contributed by atoms with Crippen LogP contribution in [0.3, 0.4) is 0 Å². The summed E-state index contributed by atoms with van der Waals surface area (Å²) in [7, 11) is 0. The summed E-state index contributed by atoms with van der Waals surface area (Å²) in [5.74, 6) is 1.41. The molecule has 0 bridgehead atoms. The van der Waals surface area contributed by atoms with Crippen LogP contribution in [0.15, 0.2) is 39.9 Å². The molecule has 0 aliphatic heterocycles. The number of aryl methyl sites for hydroxylation is 1. The molecule has 6 nitrogen and oxygen atoms in total. The predicted molar refractivity (Wildman–Crippen MR) is 107 cm³/mol. The molecule has 0 aliphatic carbocycles. The molecule has 1 heterocycles. The van der Waals surface area contributed by atoms with Crippen molar-refractivity contribution in [1.82, 2.24) is 20.9 Å². The van der Waals surface area contributed by atoms with Crippen molar-refractivity contribution in [2.75, 3.05) is 19.6 Å². The molecule has 0 spiro atoms. The zero-order chi connectivity index (χ0) is 19.0. The van der Waals surface area contributed by atoms with Gasteiger partial charge in [0.2, 0.25) is 5.89 Å².